The van der Waals surface area contributed by atoms with Crippen molar-refractivity contribution in [2.75, 3.05) is 26.8 Å². The number of hydrogen-bond donors (Lipinski definition) is 1. The van der Waals surface area contributed by atoms with E-state index in [4.69, 9.17) is 4.74 Å². The van der Waals surface area contributed by atoms with Gasteiger partial charge in [0.1, 0.15) is 23.8 Å². The van der Waals surface area contributed by atoms with Crippen molar-refractivity contribution in [1.82, 2.24) is 5.32 Å². The van der Waals surface area contributed by atoms with E-state index in [0.717, 1.165) is 18.4 Å². The van der Waals surface area contributed by atoms with Crippen LogP contribution in [-0.4, -0.2) is 38.4 Å². The summed E-state index contributed by atoms with van der Waals surface area (Å²) < 4.78 is 39.0. The summed E-state index contributed by atoms with van der Waals surface area (Å²) in [6, 6.07) is 2.67. The van der Waals surface area contributed by atoms with Crippen molar-refractivity contribution in [3.8, 4) is 5.75 Å². The third kappa shape index (κ3) is 3.63. The lowest BCUT2D eigenvalue weighted by molar-refractivity contribution is 0.0530. The van der Waals surface area contributed by atoms with Gasteiger partial charge in [0.15, 0.2) is 0 Å². The fraction of sp³-hybridized carbons (Fsp3) is 0.588. The first-order valence-electron chi connectivity index (χ1n) is 7.96. The molecule has 0 amide bonds. The second-order valence-electron chi connectivity index (χ2n) is 6.33. The van der Waals surface area contributed by atoms with E-state index in [1.54, 1.807) is 0 Å². The zero-order valence-corrected chi connectivity index (χ0v) is 13.2. The highest BCUT2D eigenvalue weighted by atomic mass is 19.1. The summed E-state index contributed by atoms with van der Waals surface area (Å²) in [5.41, 5.74) is -0.716. The Kier molecular flexibility index (Phi) is 4.53. The van der Waals surface area contributed by atoms with Crippen LogP contribution in [0, 0.1) is 5.82 Å². The molecule has 1 saturated heterocycles. The topological polar surface area (TPSA) is 47.6 Å². The number of carbonyl (C=O) groups excluding carboxylic acids is 1. The lowest BCUT2D eigenvalue weighted by Gasteiger charge is -2.30. The van der Waals surface area contributed by atoms with E-state index in [2.05, 4.69) is 10.1 Å². The molecule has 1 aromatic rings. The summed E-state index contributed by atoms with van der Waals surface area (Å²) in [4.78, 5) is 11.6. The number of halogens is 2. The smallest absolute Gasteiger partial charge is 0.340 e. The number of piperidine rings is 1. The van der Waals surface area contributed by atoms with Crippen molar-refractivity contribution >= 4 is 5.97 Å². The van der Waals surface area contributed by atoms with Gasteiger partial charge in [-0.3, -0.25) is 0 Å². The van der Waals surface area contributed by atoms with Crippen LogP contribution >= 0.6 is 0 Å². The Morgan fingerprint density at radius 3 is 2.65 bits per heavy atom. The Morgan fingerprint density at radius 1 is 1.35 bits per heavy atom. The monoisotopic (exact) mass is 325 g/mol. The SMILES string of the molecule is COC(=O)c1cc(C2CC2)c(OCC2(F)CCNCC2)cc1F. The molecule has 1 aliphatic carbocycles. The molecule has 0 bridgehead atoms. The zero-order chi connectivity index (χ0) is 16.4. The molecular formula is C17H21F2NO3. The minimum absolute atomic E-state index is 0.0919. The number of hydrogen-bond acceptors (Lipinski definition) is 4. The van der Waals surface area contributed by atoms with Gasteiger partial charge < -0.3 is 14.8 Å². The molecule has 4 nitrogen and oxygen atoms in total. The van der Waals surface area contributed by atoms with Gasteiger partial charge in [0.05, 0.1) is 12.7 Å². The molecule has 6 heteroatoms. The van der Waals surface area contributed by atoms with Crippen LogP contribution < -0.4 is 10.1 Å². The Balaban J connectivity index is 1.80. The van der Waals surface area contributed by atoms with Crippen LogP contribution in [0.15, 0.2) is 12.1 Å². The van der Waals surface area contributed by atoms with Gasteiger partial charge in [-0.1, -0.05) is 0 Å². The Bertz CT molecular complexity index is 596. The molecule has 2 fully saturated rings. The zero-order valence-electron chi connectivity index (χ0n) is 13.2. The van der Waals surface area contributed by atoms with E-state index in [0.29, 0.717) is 31.7 Å². The number of benzene rings is 1. The molecule has 1 heterocycles. The molecule has 1 aromatic carbocycles. The van der Waals surface area contributed by atoms with Crippen molar-refractivity contribution < 1.29 is 23.0 Å². The van der Waals surface area contributed by atoms with Crippen LogP contribution in [0.4, 0.5) is 8.78 Å². The van der Waals surface area contributed by atoms with E-state index in [1.807, 2.05) is 0 Å². The molecule has 0 radical (unpaired) electrons. The Labute approximate surface area is 134 Å². The maximum Gasteiger partial charge on any atom is 0.340 e. The van der Waals surface area contributed by atoms with E-state index < -0.39 is 17.5 Å². The van der Waals surface area contributed by atoms with Crippen molar-refractivity contribution in [3.63, 3.8) is 0 Å². The lowest BCUT2D eigenvalue weighted by atomic mass is 9.95. The first kappa shape index (κ1) is 16.2. The molecule has 0 aromatic heterocycles. The summed E-state index contributed by atoms with van der Waals surface area (Å²) in [5, 5.41) is 3.11. The van der Waals surface area contributed by atoms with Crippen LogP contribution in [0.1, 0.15) is 47.5 Å². The van der Waals surface area contributed by atoms with E-state index >= 15 is 0 Å². The lowest BCUT2D eigenvalue weighted by Crippen LogP contribution is -2.42. The van der Waals surface area contributed by atoms with Gasteiger partial charge >= 0.3 is 5.97 Å². The van der Waals surface area contributed by atoms with Crippen LogP contribution in [0.3, 0.4) is 0 Å². The van der Waals surface area contributed by atoms with Gasteiger partial charge in [0.2, 0.25) is 0 Å². The van der Waals surface area contributed by atoms with Gasteiger partial charge in [-0.25, -0.2) is 13.6 Å². The fourth-order valence-electron chi connectivity index (χ4n) is 2.90. The number of carbonyl (C=O) groups is 1. The summed E-state index contributed by atoms with van der Waals surface area (Å²) in [7, 11) is 1.22. The molecule has 2 aliphatic rings. The largest absolute Gasteiger partial charge is 0.490 e. The number of esters is 1. The number of alkyl halides is 1. The van der Waals surface area contributed by atoms with Crippen molar-refractivity contribution in [1.29, 1.82) is 0 Å². The van der Waals surface area contributed by atoms with Crippen LogP contribution in [-0.2, 0) is 4.74 Å². The molecule has 0 spiro atoms. The molecule has 23 heavy (non-hydrogen) atoms. The van der Waals surface area contributed by atoms with E-state index in [9.17, 15) is 13.6 Å². The summed E-state index contributed by atoms with van der Waals surface area (Å²) in [5.74, 6) is -0.823. The summed E-state index contributed by atoms with van der Waals surface area (Å²) in [6.07, 6.45) is 2.70. The Morgan fingerprint density at radius 2 is 2.04 bits per heavy atom. The highest BCUT2D eigenvalue weighted by Gasteiger charge is 2.34. The molecule has 1 saturated carbocycles. The third-order valence-electron chi connectivity index (χ3n) is 4.51. The maximum atomic E-state index is 14.6. The van der Waals surface area contributed by atoms with Crippen molar-refractivity contribution in [3.05, 3.63) is 29.1 Å². The molecule has 0 atom stereocenters. The molecule has 1 aliphatic heterocycles. The Hall–Kier alpha value is -1.69. The van der Waals surface area contributed by atoms with Gasteiger partial charge in [0, 0.05) is 6.07 Å². The number of ether oxygens (including phenoxy) is 2. The van der Waals surface area contributed by atoms with Gasteiger partial charge in [0.25, 0.3) is 0 Å². The highest BCUT2D eigenvalue weighted by Crippen LogP contribution is 2.45. The standard InChI is InChI=1S/C17H21F2NO3/c1-22-16(21)13-8-12(11-2-3-11)15(9-14(13)18)23-10-17(19)4-6-20-7-5-17/h8-9,11,20H,2-7,10H2,1H3. The minimum Gasteiger partial charge on any atom is -0.490 e. The number of rotatable bonds is 5. The van der Waals surface area contributed by atoms with E-state index in [-0.39, 0.29) is 18.1 Å². The quantitative estimate of drug-likeness (QED) is 0.846. The van der Waals surface area contributed by atoms with Crippen LogP contribution in [0.5, 0.6) is 5.75 Å². The van der Waals surface area contributed by atoms with Crippen molar-refractivity contribution in [2.45, 2.75) is 37.3 Å². The second kappa shape index (κ2) is 6.43. The average molecular weight is 325 g/mol. The summed E-state index contributed by atoms with van der Waals surface area (Å²) >= 11 is 0. The highest BCUT2D eigenvalue weighted by molar-refractivity contribution is 5.90. The predicted molar refractivity (Wildman–Crippen MR) is 81.2 cm³/mol. The first-order valence-corrected chi connectivity index (χ1v) is 7.96. The van der Waals surface area contributed by atoms with Gasteiger partial charge in [-0.15, -0.1) is 0 Å². The predicted octanol–water partition coefficient (Wildman–Crippen LogP) is 2.96. The molecular weight excluding hydrogens is 304 g/mol. The fourth-order valence-corrected chi connectivity index (χ4v) is 2.90. The maximum absolute atomic E-state index is 14.6. The second-order valence-corrected chi connectivity index (χ2v) is 6.33. The van der Waals surface area contributed by atoms with E-state index in [1.165, 1.54) is 19.2 Å². The van der Waals surface area contributed by atoms with Crippen LogP contribution in [0.25, 0.3) is 0 Å². The number of nitrogens with one attached hydrogen (secondary N) is 1. The van der Waals surface area contributed by atoms with Crippen LogP contribution in [0.2, 0.25) is 0 Å². The van der Waals surface area contributed by atoms with Gasteiger partial charge in [-0.2, -0.15) is 0 Å². The normalized spacial score (nSPS) is 20.1. The minimum atomic E-state index is -1.39. The molecule has 3 rings (SSSR count). The molecule has 126 valence electrons. The average Bonchev–Trinajstić information content (AvgIpc) is 3.38. The van der Waals surface area contributed by atoms with Crippen molar-refractivity contribution in [2.24, 2.45) is 0 Å². The molecule has 1 N–H and O–H groups in total. The third-order valence-corrected chi connectivity index (χ3v) is 4.51. The molecule has 0 unspecified atom stereocenters. The first-order chi connectivity index (χ1) is 11.0. The summed E-state index contributed by atoms with van der Waals surface area (Å²) in [6.45, 7) is 1.14. The number of methoxy groups -OCH3 is 1. The van der Waals surface area contributed by atoms with Gasteiger partial charge in [-0.05, 0) is 56.3 Å².